The maximum absolute atomic E-state index is 14.8. The fourth-order valence-electron chi connectivity index (χ4n) is 4.20. The quantitative estimate of drug-likeness (QED) is 0.431. The lowest BCUT2D eigenvalue weighted by atomic mass is 9.92. The van der Waals surface area contributed by atoms with Crippen molar-refractivity contribution in [1.29, 1.82) is 0 Å². The van der Waals surface area contributed by atoms with E-state index in [0.717, 1.165) is 0 Å². The molecule has 0 radical (unpaired) electrons. The van der Waals surface area contributed by atoms with Crippen LogP contribution in [0.5, 0.6) is 0 Å². The molecule has 2 aliphatic rings. The van der Waals surface area contributed by atoms with E-state index in [4.69, 9.17) is 4.74 Å². The molecule has 0 saturated heterocycles. The minimum atomic E-state index is -5.13. The highest BCUT2D eigenvalue weighted by atomic mass is 19.4. The van der Waals surface area contributed by atoms with Gasteiger partial charge in [-0.3, -0.25) is 4.68 Å². The summed E-state index contributed by atoms with van der Waals surface area (Å²) in [5, 5.41) is 3.37. The predicted octanol–water partition coefficient (Wildman–Crippen LogP) is 5.91. The smallest absolute Gasteiger partial charge is 0.435 e. The molecule has 1 aromatic heterocycles. The summed E-state index contributed by atoms with van der Waals surface area (Å²) in [7, 11) is 0. The van der Waals surface area contributed by atoms with Gasteiger partial charge in [-0.05, 0) is 25.0 Å². The van der Waals surface area contributed by atoms with Gasteiger partial charge in [-0.1, -0.05) is 18.2 Å². The van der Waals surface area contributed by atoms with Gasteiger partial charge in [0.25, 0.3) is 0 Å². The molecular formula is C20H17F7N2O2. The van der Waals surface area contributed by atoms with E-state index in [-0.39, 0.29) is 18.4 Å². The van der Waals surface area contributed by atoms with Crippen molar-refractivity contribution in [3.8, 4) is 0 Å². The molecule has 4 rings (SSSR count). The molecule has 1 saturated carbocycles. The van der Waals surface area contributed by atoms with Crippen molar-refractivity contribution in [2.75, 3.05) is 0 Å². The molecule has 0 aliphatic heterocycles. The van der Waals surface area contributed by atoms with Crippen molar-refractivity contribution in [3.05, 3.63) is 52.8 Å². The predicted molar refractivity (Wildman–Crippen MR) is 93.0 cm³/mol. The van der Waals surface area contributed by atoms with Gasteiger partial charge in [0, 0.05) is 12.8 Å². The van der Waals surface area contributed by atoms with Crippen LogP contribution in [0.4, 0.5) is 30.7 Å². The van der Waals surface area contributed by atoms with Crippen LogP contribution >= 0.6 is 0 Å². The highest BCUT2D eigenvalue weighted by Gasteiger charge is 2.55. The van der Waals surface area contributed by atoms with Crippen LogP contribution in [-0.2, 0) is 10.9 Å². The van der Waals surface area contributed by atoms with E-state index in [1.807, 2.05) is 0 Å². The number of nitrogens with zero attached hydrogens (tertiary/aromatic N) is 2. The number of rotatable bonds is 3. The lowest BCUT2D eigenvalue weighted by Crippen LogP contribution is -2.30. The number of esters is 1. The van der Waals surface area contributed by atoms with Gasteiger partial charge in [0.2, 0.25) is 5.92 Å². The number of fused-ring (bicyclic) bond motifs is 1. The van der Waals surface area contributed by atoms with E-state index in [9.17, 15) is 35.5 Å². The van der Waals surface area contributed by atoms with Crippen LogP contribution in [0.2, 0.25) is 0 Å². The Morgan fingerprint density at radius 1 is 1.16 bits per heavy atom. The van der Waals surface area contributed by atoms with Gasteiger partial charge >= 0.3 is 12.1 Å². The van der Waals surface area contributed by atoms with Gasteiger partial charge in [-0.15, -0.1) is 0 Å². The van der Waals surface area contributed by atoms with Crippen molar-refractivity contribution >= 4 is 5.97 Å². The molecule has 31 heavy (non-hydrogen) atoms. The van der Waals surface area contributed by atoms with Crippen molar-refractivity contribution in [3.63, 3.8) is 0 Å². The van der Waals surface area contributed by atoms with Crippen LogP contribution in [0.1, 0.15) is 71.3 Å². The van der Waals surface area contributed by atoms with Gasteiger partial charge in [-0.2, -0.15) is 18.3 Å². The number of halogens is 7. The number of carbonyl (C=O) groups is 1. The normalized spacial score (nSPS) is 27.7. The Bertz CT molecular complexity index is 974. The van der Waals surface area contributed by atoms with Crippen LogP contribution in [0, 0.1) is 0 Å². The Morgan fingerprint density at radius 3 is 2.45 bits per heavy atom. The second-order valence-electron chi connectivity index (χ2n) is 7.73. The fraction of sp³-hybridized carbons (Fsp3) is 0.500. The minimum Gasteiger partial charge on any atom is -0.450 e. The number of alkyl halides is 7. The van der Waals surface area contributed by atoms with Gasteiger partial charge in [0.15, 0.2) is 24.1 Å². The third kappa shape index (κ3) is 3.89. The number of ether oxygens (including phenoxy) is 1. The summed E-state index contributed by atoms with van der Waals surface area (Å²) >= 11 is 0. The highest BCUT2D eigenvalue weighted by Crippen LogP contribution is 2.52. The van der Waals surface area contributed by atoms with E-state index >= 15 is 0 Å². The van der Waals surface area contributed by atoms with Gasteiger partial charge < -0.3 is 4.74 Å². The van der Waals surface area contributed by atoms with E-state index in [0.29, 0.717) is 4.68 Å². The number of hydrogen-bond acceptors (Lipinski definition) is 3. The highest BCUT2D eigenvalue weighted by molar-refractivity contribution is 5.89. The molecule has 4 nitrogen and oxygen atoms in total. The molecule has 2 aromatic rings. The van der Waals surface area contributed by atoms with E-state index in [2.05, 4.69) is 5.10 Å². The molecule has 1 aromatic carbocycles. The van der Waals surface area contributed by atoms with Crippen molar-refractivity contribution in [1.82, 2.24) is 9.78 Å². The SMILES string of the molecule is O=C(O[C@H]1c2c(C(F)(F)F)nn([C@@H]3CCCC(F)(F)C3)c2[C@@H](F)[C@H]1F)c1ccccc1. The molecular weight excluding hydrogens is 433 g/mol. The average Bonchev–Trinajstić information content (AvgIpc) is 3.20. The van der Waals surface area contributed by atoms with Crippen LogP contribution in [0.3, 0.4) is 0 Å². The maximum atomic E-state index is 14.8. The lowest BCUT2D eigenvalue weighted by molar-refractivity contribution is -0.143. The van der Waals surface area contributed by atoms with Gasteiger partial charge in [0.1, 0.15) is 0 Å². The monoisotopic (exact) mass is 450 g/mol. The van der Waals surface area contributed by atoms with Crippen LogP contribution < -0.4 is 0 Å². The van der Waals surface area contributed by atoms with Crippen molar-refractivity contribution < 1.29 is 40.3 Å². The molecule has 4 atom stereocenters. The third-order valence-electron chi connectivity index (χ3n) is 5.57. The molecule has 1 heterocycles. The number of carbonyl (C=O) groups excluding carboxylic acids is 1. The zero-order valence-corrected chi connectivity index (χ0v) is 15.9. The molecule has 0 unspecified atom stereocenters. The van der Waals surface area contributed by atoms with Crippen molar-refractivity contribution in [2.24, 2.45) is 0 Å². The van der Waals surface area contributed by atoms with Crippen LogP contribution in [0.15, 0.2) is 30.3 Å². The summed E-state index contributed by atoms with van der Waals surface area (Å²) in [6, 6.07) is 5.87. The summed E-state index contributed by atoms with van der Waals surface area (Å²) in [6.07, 6.45) is -13.8. The first kappa shape index (κ1) is 21.6. The lowest BCUT2D eigenvalue weighted by Gasteiger charge is -2.30. The van der Waals surface area contributed by atoms with Crippen molar-refractivity contribution in [2.45, 2.75) is 62.3 Å². The maximum Gasteiger partial charge on any atom is 0.435 e. The summed E-state index contributed by atoms with van der Waals surface area (Å²) in [4.78, 5) is 12.3. The van der Waals surface area contributed by atoms with Crippen LogP contribution in [0.25, 0.3) is 0 Å². The molecule has 1 fully saturated rings. The topological polar surface area (TPSA) is 44.1 Å². The molecule has 2 aliphatic carbocycles. The molecule has 11 heteroatoms. The summed E-state index contributed by atoms with van der Waals surface area (Å²) < 4.78 is 104. The summed E-state index contributed by atoms with van der Waals surface area (Å²) in [5.74, 6) is -4.29. The number of aromatic nitrogens is 2. The first-order chi connectivity index (χ1) is 14.5. The third-order valence-corrected chi connectivity index (χ3v) is 5.57. The zero-order valence-electron chi connectivity index (χ0n) is 15.9. The fourth-order valence-corrected chi connectivity index (χ4v) is 4.20. The van der Waals surface area contributed by atoms with Gasteiger partial charge in [-0.25, -0.2) is 22.4 Å². The largest absolute Gasteiger partial charge is 0.450 e. The van der Waals surface area contributed by atoms with Gasteiger partial charge in [0.05, 0.1) is 22.9 Å². The Hall–Kier alpha value is -2.59. The molecule has 168 valence electrons. The summed E-state index contributed by atoms with van der Waals surface area (Å²) in [5.41, 5.74) is -3.45. The second kappa shape index (κ2) is 7.52. The standard InChI is InChI=1S/C20H17F7N2O2/c21-13-14(22)16(31-18(30)10-5-2-1-3-6-10)12-15(13)29(28-17(12)20(25,26)27)11-7-4-8-19(23,24)9-11/h1-3,5-6,11,13-14,16H,4,7-9H2/t11-,13+,14-,16+/m1/s1. The molecule has 0 bridgehead atoms. The Kier molecular flexibility index (Phi) is 5.25. The van der Waals surface area contributed by atoms with E-state index in [1.165, 1.54) is 24.3 Å². The first-order valence-corrected chi connectivity index (χ1v) is 9.61. The first-order valence-electron chi connectivity index (χ1n) is 9.61. The average molecular weight is 450 g/mol. The Morgan fingerprint density at radius 2 is 1.84 bits per heavy atom. The molecule has 0 N–H and O–H groups in total. The van der Waals surface area contributed by atoms with Crippen LogP contribution in [-0.4, -0.2) is 27.8 Å². The Balaban J connectivity index is 1.77. The summed E-state index contributed by atoms with van der Waals surface area (Å²) in [6.45, 7) is 0. The zero-order chi connectivity index (χ0) is 22.6. The Labute approximate surface area is 172 Å². The number of benzene rings is 1. The second-order valence-corrected chi connectivity index (χ2v) is 7.73. The molecule has 0 spiro atoms. The minimum absolute atomic E-state index is 0.00389. The number of hydrogen-bond donors (Lipinski definition) is 0. The molecule has 0 amide bonds. The van der Waals surface area contributed by atoms with E-state index in [1.54, 1.807) is 6.07 Å². The van der Waals surface area contributed by atoms with E-state index < -0.39 is 72.4 Å².